The van der Waals surface area contributed by atoms with Crippen molar-refractivity contribution >= 4 is 27.6 Å². The Hall–Kier alpha value is -1.95. The SMILES string of the molecule is CN(Cc1ccncc1)c1ccc(C(=O)O)c(Br)c1F. The van der Waals surface area contributed by atoms with Gasteiger partial charge in [0.05, 0.1) is 15.7 Å². The third-order valence-electron chi connectivity index (χ3n) is 2.87. The Bertz CT molecular complexity index is 635. The smallest absolute Gasteiger partial charge is 0.336 e. The molecule has 20 heavy (non-hydrogen) atoms. The molecule has 0 unspecified atom stereocenters. The van der Waals surface area contributed by atoms with E-state index >= 15 is 0 Å². The molecule has 104 valence electrons. The molecule has 1 N–H and O–H groups in total. The number of aromatic nitrogens is 1. The maximum absolute atomic E-state index is 14.2. The van der Waals surface area contributed by atoms with Gasteiger partial charge in [-0.3, -0.25) is 4.98 Å². The molecule has 1 aromatic carbocycles. The van der Waals surface area contributed by atoms with Gasteiger partial charge in [0.1, 0.15) is 0 Å². The first-order chi connectivity index (χ1) is 9.50. The Morgan fingerprint density at radius 1 is 1.35 bits per heavy atom. The molecule has 0 spiro atoms. The van der Waals surface area contributed by atoms with Crippen LogP contribution in [0.5, 0.6) is 0 Å². The molecule has 0 saturated heterocycles. The van der Waals surface area contributed by atoms with E-state index in [2.05, 4.69) is 20.9 Å². The number of rotatable bonds is 4. The number of pyridine rings is 1. The van der Waals surface area contributed by atoms with E-state index in [-0.39, 0.29) is 10.0 Å². The number of carboxylic acids is 1. The zero-order chi connectivity index (χ0) is 14.7. The van der Waals surface area contributed by atoms with Crippen molar-refractivity contribution in [2.24, 2.45) is 0 Å². The summed E-state index contributed by atoms with van der Waals surface area (Å²) in [4.78, 5) is 16.6. The van der Waals surface area contributed by atoms with E-state index in [0.717, 1.165) is 5.56 Å². The molecule has 0 atom stereocenters. The van der Waals surface area contributed by atoms with Crippen LogP contribution in [0.25, 0.3) is 0 Å². The van der Waals surface area contributed by atoms with Crippen molar-refractivity contribution in [3.63, 3.8) is 0 Å². The van der Waals surface area contributed by atoms with Crippen molar-refractivity contribution in [2.45, 2.75) is 6.54 Å². The maximum Gasteiger partial charge on any atom is 0.336 e. The second-order valence-corrected chi connectivity index (χ2v) is 5.07. The molecule has 0 radical (unpaired) electrons. The Morgan fingerprint density at radius 3 is 2.60 bits per heavy atom. The van der Waals surface area contributed by atoms with Gasteiger partial charge in [-0.1, -0.05) is 0 Å². The predicted molar refractivity (Wildman–Crippen MR) is 77.4 cm³/mol. The summed E-state index contributed by atoms with van der Waals surface area (Å²) < 4.78 is 14.2. The molecule has 0 fully saturated rings. The quantitative estimate of drug-likeness (QED) is 0.929. The molecule has 4 nitrogen and oxygen atoms in total. The second-order valence-electron chi connectivity index (χ2n) is 4.28. The number of hydrogen-bond donors (Lipinski definition) is 1. The largest absolute Gasteiger partial charge is 0.478 e. The van der Waals surface area contributed by atoms with Crippen LogP contribution in [-0.2, 0) is 6.54 Å². The molecule has 6 heteroatoms. The highest BCUT2D eigenvalue weighted by Crippen LogP contribution is 2.29. The summed E-state index contributed by atoms with van der Waals surface area (Å²) >= 11 is 2.99. The van der Waals surface area contributed by atoms with Gasteiger partial charge in [0.25, 0.3) is 0 Å². The minimum atomic E-state index is -1.17. The lowest BCUT2D eigenvalue weighted by molar-refractivity contribution is 0.0695. The van der Waals surface area contributed by atoms with Gasteiger partial charge in [0, 0.05) is 26.0 Å². The average molecular weight is 339 g/mol. The zero-order valence-electron chi connectivity index (χ0n) is 10.7. The van der Waals surface area contributed by atoms with E-state index in [4.69, 9.17) is 5.11 Å². The van der Waals surface area contributed by atoms with Crippen molar-refractivity contribution in [3.05, 3.63) is 58.1 Å². The first-order valence-corrected chi connectivity index (χ1v) is 6.61. The van der Waals surface area contributed by atoms with Gasteiger partial charge in [-0.15, -0.1) is 0 Å². The van der Waals surface area contributed by atoms with Crippen LogP contribution in [0.2, 0.25) is 0 Å². The molecule has 1 aromatic heterocycles. The van der Waals surface area contributed by atoms with Gasteiger partial charge < -0.3 is 10.0 Å². The highest BCUT2D eigenvalue weighted by Gasteiger charge is 2.17. The monoisotopic (exact) mass is 338 g/mol. The van der Waals surface area contributed by atoms with Crippen molar-refractivity contribution < 1.29 is 14.3 Å². The number of halogens is 2. The summed E-state index contributed by atoms with van der Waals surface area (Å²) in [6, 6.07) is 6.53. The molecular weight excluding hydrogens is 327 g/mol. The van der Waals surface area contributed by atoms with Gasteiger partial charge in [0.2, 0.25) is 0 Å². The number of nitrogens with zero attached hydrogens (tertiary/aromatic N) is 2. The van der Waals surface area contributed by atoms with E-state index in [1.54, 1.807) is 24.3 Å². The number of aromatic carboxylic acids is 1. The standard InChI is InChI=1S/C14H12BrFN2O2/c1-18(8-9-4-6-17-7-5-9)11-3-2-10(14(19)20)12(15)13(11)16/h2-7H,8H2,1H3,(H,19,20). The molecule has 0 amide bonds. The summed E-state index contributed by atoms with van der Waals surface area (Å²) in [6.45, 7) is 0.498. The molecule has 0 aliphatic rings. The van der Waals surface area contributed by atoms with Crippen LogP contribution in [0.4, 0.5) is 10.1 Å². The Kier molecular flexibility index (Phi) is 4.34. The minimum absolute atomic E-state index is 0.0379. The summed E-state index contributed by atoms with van der Waals surface area (Å²) in [5.74, 6) is -1.75. The summed E-state index contributed by atoms with van der Waals surface area (Å²) in [5, 5.41) is 8.94. The Morgan fingerprint density at radius 2 is 2.00 bits per heavy atom. The lowest BCUT2D eigenvalue weighted by atomic mass is 10.1. The zero-order valence-corrected chi connectivity index (χ0v) is 12.3. The fourth-order valence-electron chi connectivity index (χ4n) is 1.85. The number of carbonyl (C=O) groups is 1. The van der Waals surface area contributed by atoms with Crippen LogP contribution in [0.3, 0.4) is 0 Å². The summed E-state index contributed by atoms with van der Waals surface area (Å²) in [5.41, 5.74) is 1.22. The van der Waals surface area contributed by atoms with Crippen LogP contribution < -0.4 is 4.90 Å². The number of anilines is 1. The van der Waals surface area contributed by atoms with Crippen LogP contribution in [-0.4, -0.2) is 23.1 Å². The summed E-state index contributed by atoms with van der Waals surface area (Å²) in [6.07, 6.45) is 3.34. The highest BCUT2D eigenvalue weighted by atomic mass is 79.9. The summed E-state index contributed by atoms with van der Waals surface area (Å²) in [7, 11) is 1.74. The van der Waals surface area contributed by atoms with Gasteiger partial charge in [-0.05, 0) is 45.8 Å². The van der Waals surface area contributed by atoms with Gasteiger partial charge in [0.15, 0.2) is 5.82 Å². The molecule has 0 aliphatic carbocycles. The predicted octanol–water partition coefficient (Wildman–Crippen LogP) is 3.32. The van der Waals surface area contributed by atoms with E-state index < -0.39 is 11.8 Å². The van der Waals surface area contributed by atoms with E-state index in [1.807, 2.05) is 12.1 Å². The van der Waals surface area contributed by atoms with Gasteiger partial charge in [-0.2, -0.15) is 0 Å². The minimum Gasteiger partial charge on any atom is -0.478 e. The second kappa shape index (κ2) is 6.00. The molecule has 2 aromatic rings. The third kappa shape index (κ3) is 2.96. The fourth-order valence-corrected chi connectivity index (χ4v) is 2.35. The highest BCUT2D eigenvalue weighted by molar-refractivity contribution is 9.10. The first kappa shape index (κ1) is 14.5. The molecule has 1 heterocycles. The Balaban J connectivity index is 2.29. The molecule has 0 saturated carbocycles. The van der Waals surface area contributed by atoms with Crippen LogP contribution in [0, 0.1) is 5.82 Å². The van der Waals surface area contributed by atoms with Crippen molar-refractivity contribution in [1.82, 2.24) is 4.98 Å². The fraction of sp³-hybridized carbons (Fsp3) is 0.143. The van der Waals surface area contributed by atoms with Crippen molar-refractivity contribution in [1.29, 1.82) is 0 Å². The van der Waals surface area contributed by atoms with Crippen LogP contribution >= 0.6 is 15.9 Å². The van der Waals surface area contributed by atoms with Crippen LogP contribution in [0.15, 0.2) is 41.1 Å². The molecular formula is C14H12BrFN2O2. The lowest BCUT2D eigenvalue weighted by Crippen LogP contribution is -2.18. The third-order valence-corrected chi connectivity index (χ3v) is 3.65. The van der Waals surface area contributed by atoms with E-state index in [1.165, 1.54) is 12.1 Å². The van der Waals surface area contributed by atoms with Crippen molar-refractivity contribution in [2.75, 3.05) is 11.9 Å². The van der Waals surface area contributed by atoms with E-state index in [9.17, 15) is 9.18 Å². The van der Waals surface area contributed by atoms with Gasteiger partial charge in [-0.25, -0.2) is 9.18 Å². The average Bonchev–Trinajstić information content (AvgIpc) is 2.42. The van der Waals surface area contributed by atoms with E-state index in [0.29, 0.717) is 12.2 Å². The first-order valence-electron chi connectivity index (χ1n) is 5.82. The normalized spacial score (nSPS) is 10.3. The van der Waals surface area contributed by atoms with Gasteiger partial charge >= 0.3 is 5.97 Å². The number of benzene rings is 1. The topological polar surface area (TPSA) is 53.4 Å². The van der Waals surface area contributed by atoms with Crippen molar-refractivity contribution in [3.8, 4) is 0 Å². The molecule has 0 aliphatic heterocycles. The molecule has 0 bridgehead atoms. The Labute approximate surface area is 124 Å². The number of hydrogen-bond acceptors (Lipinski definition) is 3. The molecule has 2 rings (SSSR count). The maximum atomic E-state index is 14.2. The lowest BCUT2D eigenvalue weighted by Gasteiger charge is -2.21. The van der Waals surface area contributed by atoms with Crippen LogP contribution in [0.1, 0.15) is 15.9 Å². The number of carboxylic acid groups (broad SMARTS) is 1.